The van der Waals surface area contributed by atoms with Crippen LogP contribution in [0.2, 0.25) is 0 Å². The summed E-state index contributed by atoms with van der Waals surface area (Å²) < 4.78 is 5.64. The molecule has 3 fully saturated rings. The van der Waals surface area contributed by atoms with Gasteiger partial charge in [-0.05, 0) is 62.7 Å². The van der Waals surface area contributed by atoms with Gasteiger partial charge in [-0.15, -0.1) is 0 Å². The van der Waals surface area contributed by atoms with E-state index in [1.165, 1.54) is 51.4 Å². The quantitative estimate of drug-likeness (QED) is 0.923. The van der Waals surface area contributed by atoms with Crippen LogP contribution < -0.4 is 5.73 Å². The fourth-order valence-corrected chi connectivity index (χ4v) is 5.08. The number of hydrogen-bond acceptors (Lipinski definition) is 4. The Kier molecular flexibility index (Phi) is 3.52. The predicted octanol–water partition coefficient (Wildman–Crippen LogP) is 3.59. The molecule has 3 aliphatic rings. The molecule has 1 aromatic heterocycles. The second kappa shape index (κ2) is 5.38. The van der Waals surface area contributed by atoms with Crippen molar-refractivity contribution in [3.05, 3.63) is 11.7 Å². The van der Waals surface area contributed by atoms with Crippen LogP contribution in [-0.4, -0.2) is 16.2 Å². The number of fused-ring (bicyclic) bond motifs is 2. The van der Waals surface area contributed by atoms with Crippen molar-refractivity contribution in [2.24, 2.45) is 23.5 Å². The molecule has 21 heavy (non-hydrogen) atoms. The van der Waals surface area contributed by atoms with E-state index < -0.39 is 0 Å². The first kappa shape index (κ1) is 13.7. The fraction of sp³-hybridized carbons (Fsp3) is 0.882. The van der Waals surface area contributed by atoms with E-state index >= 15 is 0 Å². The molecule has 0 aliphatic heterocycles. The van der Waals surface area contributed by atoms with Crippen LogP contribution >= 0.6 is 0 Å². The minimum absolute atomic E-state index is 0.243. The van der Waals surface area contributed by atoms with Crippen LogP contribution in [0.15, 0.2) is 4.52 Å². The van der Waals surface area contributed by atoms with Crippen molar-refractivity contribution in [3.63, 3.8) is 0 Å². The van der Waals surface area contributed by atoms with Crippen molar-refractivity contribution >= 4 is 0 Å². The fourth-order valence-electron chi connectivity index (χ4n) is 5.08. The summed E-state index contributed by atoms with van der Waals surface area (Å²) in [5.74, 6) is 4.92. The van der Waals surface area contributed by atoms with Crippen LogP contribution in [0.3, 0.4) is 0 Å². The van der Waals surface area contributed by atoms with Gasteiger partial charge in [0, 0.05) is 12.0 Å². The molecule has 4 nitrogen and oxygen atoms in total. The Morgan fingerprint density at radius 1 is 1.10 bits per heavy atom. The van der Waals surface area contributed by atoms with E-state index in [1.807, 2.05) is 0 Å². The number of hydrogen-bond donors (Lipinski definition) is 1. The largest absolute Gasteiger partial charge is 0.339 e. The number of rotatable bonds is 3. The van der Waals surface area contributed by atoms with E-state index in [4.69, 9.17) is 15.2 Å². The van der Waals surface area contributed by atoms with Crippen molar-refractivity contribution < 1.29 is 4.52 Å². The Bertz CT molecular complexity index is 490. The standard InChI is InChI=1S/C17H27N3O/c1-2-10-3-5-11(6-4-10)16-19-17(21-20-16)14-12-7-8-13(9-12)15(14)18/h10-15H,2-9,18H2,1H3. The first-order valence-electron chi connectivity index (χ1n) is 8.85. The zero-order chi connectivity index (χ0) is 14.4. The third-order valence-electron chi connectivity index (χ3n) is 6.51. The molecular formula is C17H27N3O. The zero-order valence-electron chi connectivity index (χ0n) is 13.0. The summed E-state index contributed by atoms with van der Waals surface area (Å²) in [6.45, 7) is 2.30. The van der Waals surface area contributed by atoms with Gasteiger partial charge >= 0.3 is 0 Å². The summed E-state index contributed by atoms with van der Waals surface area (Å²) in [6.07, 6.45) is 10.2. The number of aromatic nitrogens is 2. The molecule has 0 radical (unpaired) electrons. The summed E-state index contributed by atoms with van der Waals surface area (Å²) in [4.78, 5) is 4.78. The van der Waals surface area contributed by atoms with Crippen LogP contribution in [0.5, 0.6) is 0 Å². The van der Waals surface area contributed by atoms with Gasteiger partial charge < -0.3 is 10.3 Å². The van der Waals surface area contributed by atoms with Gasteiger partial charge in [0.2, 0.25) is 5.89 Å². The highest BCUT2D eigenvalue weighted by molar-refractivity contribution is 5.12. The molecular weight excluding hydrogens is 262 g/mol. The van der Waals surface area contributed by atoms with Crippen molar-refractivity contribution in [3.8, 4) is 0 Å². The Balaban J connectivity index is 1.47. The molecule has 0 amide bonds. The monoisotopic (exact) mass is 289 g/mol. The Morgan fingerprint density at radius 2 is 1.86 bits per heavy atom. The molecule has 0 spiro atoms. The molecule has 4 heteroatoms. The van der Waals surface area contributed by atoms with E-state index in [2.05, 4.69) is 12.1 Å². The average molecular weight is 289 g/mol. The van der Waals surface area contributed by atoms with Gasteiger partial charge in [-0.2, -0.15) is 4.98 Å². The van der Waals surface area contributed by atoms with E-state index in [9.17, 15) is 0 Å². The summed E-state index contributed by atoms with van der Waals surface area (Å²) in [5, 5.41) is 4.31. The van der Waals surface area contributed by atoms with Gasteiger partial charge in [0.1, 0.15) is 0 Å². The zero-order valence-corrected chi connectivity index (χ0v) is 13.0. The maximum absolute atomic E-state index is 6.39. The molecule has 0 saturated heterocycles. The molecule has 2 bridgehead atoms. The van der Waals surface area contributed by atoms with Crippen molar-refractivity contribution in [2.75, 3.05) is 0 Å². The molecule has 2 N–H and O–H groups in total. The lowest BCUT2D eigenvalue weighted by Crippen LogP contribution is -2.34. The molecule has 1 aromatic rings. The van der Waals surface area contributed by atoms with Crippen molar-refractivity contribution in [1.82, 2.24) is 10.1 Å². The molecule has 4 rings (SSSR count). The van der Waals surface area contributed by atoms with Gasteiger partial charge in [-0.1, -0.05) is 18.5 Å². The summed E-state index contributed by atoms with van der Waals surface area (Å²) in [5.41, 5.74) is 6.39. The van der Waals surface area contributed by atoms with Crippen LogP contribution in [0.1, 0.15) is 81.8 Å². The first-order valence-corrected chi connectivity index (χ1v) is 8.85. The van der Waals surface area contributed by atoms with E-state index in [0.717, 1.165) is 17.6 Å². The molecule has 1 heterocycles. The minimum Gasteiger partial charge on any atom is -0.339 e. The molecule has 4 atom stereocenters. The Hall–Kier alpha value is -0.900. The number of nitrogens with zero attached hydrogens (tertiary/aromatic N) is 2. The molecule has 3 saturated carbocycles. The highest BCUT2D eigenvalue weighted by Crippen LogP contribution is 2.52. The third-order valence-corrected chi connectivity index (χ3v) is 6.51. The average Bonchev–Trinajstić information content (AvgIpc) is 3.22. The summed E-state index contributed by atoms with van der Waals surface area (Å²) >= 11 is 0. The van der Waals surface area contributed by atoms with Crippen LogP contribution in [-0.2, 0) is 0 Å². The van der Waals surface area contributed by atoms with Crippen molar-refractivity contribution in [2.45, 2.75) is 76.2 Å². The summed E-state index contributed by atoms with van der Waals surface area (Å²) in [6, 6.07) is 0.243. The molecule has 116 valence electrons. The van der Waals surface area contributed by atoms with Crippen LogP contribution in [0, 0.1) is 17.8 Å². The van der Waals surface area contributed by atoms with Crippen molar-refractivity contribution in [1.29, 1.82) is 0 Å². The first-order chi connectivity index (χ1) is 10.3. The predicted molar refractivity (Wildman–Crippen MR) is 80.8 cm³/mol. The second-order valence-corrected chi connectivity index (χ2v) is 7.55. The Labute approximate surface area is 126 Å². The lowest BCUT2D eigenvalue weighted by atomic mass is 9.80. The van der Waals surface area contributed by atoms with Gasteiger partial charge in [-0.25, -0.2) is 0 Å². The molecule has 4 unspecified atom stereocenters. The van der Waals surface area contributed by atoms with E-state index in [0.29, 0.717) is 23.7 Å². The van der Waals surface area contributed by atoms with E-state index in [-0.39, 0.29) is 6.04 Å². The van der Waals surface area contributed by atoms with Gasteiger partial charge in [0.15, 0.2) is 5.82 Å². The lowest BCUT2D eigenvalue weighted by molar-refractivity contribution is 0.274. The van der Waals surface area contributed by atoms with Gasteiger partial charge in [0.25, 0.3) is 0 Å². The number of nitrogens with two attached hydrogens (primary N) is 1. The van der Waals surface area contributed by atoms with Gasteiger partial charge in [0.05, 0.1) is 5.92 Å². The van der Waals surface area contributed by atoms with Gasteiger partial charge in [-0.3, -0.25) is 0 Å². The Morgan fingerprint density at radius 3 is 2.52 bits per heavy atom. The molecule has 3 aliphatic carbocycles. The highest BCUT2D eigenvalue weighted by atomic mass is 16.5. The topological polar surface area (TPSA) is 64.9 Å². The van der Waals surface area contributed by atoms with Crippen LogP contribution in [0.4, 0.5) is 0 Å². The second-order valence-electron chi connectivity index (χ2n) is 7.55. The van der Waals surface area contributed by atoms with Crippen LogP contribution in [0.25, 0.3) is 0 Å². The highest BCUT2D eigenvalue weighted by Gasteiger charge is 2.49. The SMILES string of the molecule is CCC1CCC(c2noc(C3C4CCC(C4)C3N)n2)CC1. The summed E-state index contributed by atoms with van der Waals surface area (Å²) in [7, 11) is 0. The normalized spacial score (nSPS) is 42.6. The lowest BCUT2D eigenvalue weighted by Gasteiger charge is -2.26. The molecule has 0 aromatic carbocycles. The third kappa shape index (κ3) is 2.32. The maximum atomic E-state index is 6.39. The smallest absolute Gasteiger partial charge is 0.231 e. The van der Waals surface area contributed by atoms with E-state index in [1.54, 1.807) is 0 Å². The maximum Gasteiger partial charge on any atom is 0.231 e. The minimum atomic E-state index is 0.243.